The maximum absolute atomic E-state index is 15.2. The zero-order valence-corrected chi connectivity index (χ0v) is 17.8. The van der Waals surface area contributed by atoms with Crippen LogP contribution in [0.1, 0.15) is 31.7 Å². The molecule has 2 heterocycles. The second-order valence-electron chi connectivity index (χ2n) is 8.42. The van der Waals surface area contributed by atoms with Crippen molar-refractivity contribution in [3.63, 3.8) is 0 Å². The van der Waals surface area contributed by atoms with Crippen LogP contribution in [0.2, 0.25) is 5.02 Å². The molecule has 2 aromatic rings. The lowest BCUT2D eigenvalue weighted by Crippen LogP contribution is -2.56. The third-order valence-corrected chi connectivity index (χ3v) is 9.71. The summed E-state index contributed by atoms with van der Waals surface area (Å²) in [5.41, 5.74) is -0.188. The molecule has 0 amide bonds. The van der Waals surface area contributed by atoms with Gasteiger partial charge in [-0.1, -0.05) is 11.6 Å². The molecule has 0 bridgehead atoms. The van der Waals surface area contributed by atoms with Crippen molar-refractivity contribution in [3.8, 4) is 5.75 Å². The van der Waals surface area contributed by atoms with Crippen molar-refractivity contribution in [2.75, 3.05) is 6.61 Å². The van der Waals surface area contributed by atoms with Gasteiger partial charge in [-0.2, -0.15) is 0 Å². The van der Waals surface area contributed by atoms with Crippen LogP contribution in [0.5, 0.6) is 5.75 Å². The van der Waals surface area contributed by atoms with E-state index in [1.807, 2.05) is 6.92 Å². The molecule has 1 saturated heterocycles. The Morgan fingerprint density at radius 2 is 1.80 bits per heavy atom. The summed E-state index contributed by atoms with van der Waals surface area (Å²) in [6.07, 6.45) is 1.11. The summed E-state index contributed by atoms with van der Waals surface area (Å²) < 4.78 is 68.1. The zero-order chi connectivity index (χ0) is 21.3. The lowest BCUT2D eigenvalue weighted by Gasteiger charge is -2.50. The number of hydrogen-bond donors (Lipinski definition) is 0. The van der Waals surface area contributed by atoms with Crippen molar-refractivity contribution in [3.05, 3.63) is 58.6 Å². The molecular formula is C22H21ClF2O4S. The first-order chi connectivity index (χ1) is 14.3. The molecule has 0 spiro atoms. The molecule has 4 nitrogen and oxygen atoms in total. The summed E-state index contributed by atoms with van der Waals surface area (Å²) in [5, 5.41) is 0.398. The number of rotatable bonds is 2. The normalized spacial score (nSPS) is 32.7. The Morgan fingerprint density at radius 3 is 2.53 bits per heavy atom. The van der Waals surface area contributed by atoms with Gasteiger partial charge in [0.25, 0.3) is 0 Å². The zero-order valence-electron chi connectivity index (χ0n) is 16.3. The lowest BCUT2D eigenvalue weighted by atomic mass is 9.66. The summed E-state index contributed by atoms with van der Waals surface area (Å²) in [6, 6.07) is 7.80. The van der Waals surface area contributed by atoms with Crippen LogP contribution >= 0.6 is 11.6 Å². The molecule has 2 fully saturated rings. The summed E-state index contributed by atoms with van der Waals surface area (Å²) in [7, 11) is -4.11. The Morgan fingerprint density at radius 1 is 1.10 bits per heavy atom. The fraction of sp³-hybridized carbons (Fsp3) is 0.455. The van der Waals surface area contributed by atoms with E-state index < -0.39 is 32.1 Å². The molecule has 0 aromatic heterocycles. The Balaban J connectivity index is 1.78. The highest BCUT2D eigenvalue weighted by atomic mass is 35.5. The van der Waals surface area contributed by atoms with Gasteiger partial charge < -0.3 is 9.47 Å². The molecule has 5 atom stereocenters. The van der Waals surface area contributed by atoms with Crippen molar-refractivity contribution in [1.29, 1.82) is 0 Å². The topological polar surface area (TPSA) is 52.6 Å². The van der Waals surface area contributed by atoms with Crippen molar-refractivity contribution in [2.24, 2.45) is 11.8 Å². The third-order valence-electron chi connectivity index (χ3n) is 6.90. The van der Waals surface area contributed by atoms with E-state index in [1.54, 1.807) is 0 Å². The Kier molecular flexibility index (Phi) is 4.65. The first kappa shape index (κ1) is 20.2. The molecule has 0 N–H and O–H groups in total. The van der Waals surface area contributed by atoms with Crippen LogP contribution in [0.3, 0.4) is 0 Å². The molecule has 8 heteroatoms. The van der Waals surface area contributed by atoms with Crippen molar-refractivity contribution >= 4 is 21.4 Å². The average molecular weight is 455 g/mol. The first-order valence-corrected chi connectivity index (χ1v) is 11.9. The van der Waals surface area contributed by atoms with Crippen LogP contribution in [0, 0.1) is 23.5 Å². The van der Waals surface area contributed by atoms with Crippen LogP contribution in [-0.2, 0) is 19.3 Å². The van der Waals surface area contributed by atoms with Gasteiger partial charge in [-0.25, -0.2) is 17.2 Å². The van der Waals surface area contributed by atoms with Crippen LogP contribution in [0.25, 0.3) is 0 Å². The van der Waals surface area contributed by atoms with Gasteiger partial charge in [0.1, 0.15) is 10.6 Å². The standard InChI is InChI=1S/C22H21ClF2O4S/c1-12-10-15-16-11-28-21-18(25)7-6-17(24)20(21)22(16,9-8-19(15)29-12)30(26,27)14-4-2-13(23)3-5-14/h2-7,12,15-16,19H,8-11H2,1H3/t12-,15-,16-,19+,22-/m0/s1. The Hall–Kier alpha value is -1.70. The van der Waals surface area contributed by atoms with Gasteiger partial charge in [-0.3, -0.25) is 0 Å². The minimum absolute atomic E-state index is 0.00254. The predicted molar refractivity (Wildman–Crippen MR) is 107 cm³/mol. The van der Waals surface area contributed by atoms with Gasteiger partial charge in [0, 0.05) is 10.9 Å². The largest absolute Gasteiger partial charge is 0.490 e. The van der Waals surface area contributed by atoms with Gasteiger partial charge in [0.2, 0.25) is 0 Å². The second-order valence-corrected chi connectivity index (χ2v) is 11.1. The van der Waals surface area contributed by atoms with E-state index in [0.29, 0.717) is 17.9 Å². The van der Waals surface area contributed by atoms with E-state index in [2.05, 4.69) is 0 Å². The monoisotopic (exact) mass is 454 g/mol. The molecule has 5 rings (SSSR count). The molecule has 2 aromatic carbocycles. The minimum atomic E-state index is -4.11. The highest BCUT2D eigenvalue weighted by Gasteiger charge is 2.64. The van der Waals surface area contributed by atoms with Crippen LogP contribution < -0.4 is 4.74 Å². The van der Waals surface area contributed by atoms with E-state index in [1.165, 1.54) is 24.3 Å². The van der Waals surface area contributed by atoms with E-state index in [9.17, 15) is 12.8 Å². The van der Waals surface area contributed by atoms with E-state index in [4.69, 9.17) is 21.1 Å². The van der Waals surface area contributed by atoms with Gasteiger partial charge in [0.15, 0.2) is 21.4 Å². The van der Waals surface area contributed by atoms with Crippen LogP contribution in [-0.4, -0.2) is 27.2 Å². The smallest absolute Gasteiger partial charge is 0.188 e. The summed E-state index contributed by atoms with van der Waals surface area (Å²) in [4.78, 5) is 0.0406. The van der Waals surface area contributed by atoms with Gasteiger partial charge in [-0.05, 0) is 68.5 Å². The fourth-order valence-electron chi connectivity index (χ4n) is 5.69. The maximum atomic E-state index is 15.2. The number of hydrogen-bond acceptors (Lipinski definition) is 4. The van der Waals surface area contributed by atoms with Gasteiger partial charge in [-0.15, -0.1) is 0 Å². The minimum Gasteiger partial charge on any atom is -0.490 e. The molecule has 30 heavy (non-hydrogen) atoms. The number of ether oxygens (including phenoxy) is 2. The van der Waals surface area contributed by atoms with Crippen molar-refractivity contribution in [1.82, 2.24) is 0 Å². The van der Waals surface area contributed by atoms with Crippen LogP contribution in [0.4, 0.5) is 8.78 Å². The van der Waals surface area contributed by atoms with Gasteiger partial charge in [0.05, 0.1) is 29.3 Å². The molecule has 0 unspecified atom stereocenters. The summed E-state index contributed by atoms with van der Waals surface area (Å²) in [6.45, 7) is 1.95. The SMILES string of the molecule is C[C@H]1C[C@@H]2[C@@H](CC[C@@]3(S(=O)(=O)c4ccc(Cl)cc4)c4c(F)ccc(F)c4OC[C@@H]23)O1. The summed E-state index contributed by atoms with van der Waals surface area (Å²) in [5.74, 6) is -2.49. The lowest BCUT2D eigenvalue weighted by molar-refractivity contribution is -0.0174. The van der Waals surface area contributed by atoms with E-state index in [-0.39, 0.29) is 47.4 Å². The molecular weight excluding hydrogens is 434 g/mol. The Bertz CT molecular complexity index is 1100. The van der Waals surface area contributed by atoms with Crippen molar-refractivity contribution in [2.45, 2.75) is 48.0 Å². The fourth-order valence-corrected chi connectivity index (χ4v) is 8.21. The Labute approximate surface area is 179 Å². The summed E-state index contributed by atoms with van der Waals surface area (Å²) >= 11 is 5.96. The van der Waals surface area contributed by atoms with E-state index >= 15 is 4.39 Å². The number of halogens is 3. The highest BCUT2D eigenvalue weighted by Crippen LogP contribution is 2.60. The first-order valence-electron chi connectivity index (χ1n) is 10.0. The molecule has 0 radical (unpaired) electrons. The number of benzene rings is 2. The molecule has 3 aliphatic rings. The number of sulfone groups is 1. The predicted octanol–water partition coefficient (Wildman–Crippen LogP) is 4.88. The highest BCUT2D eigenvalue weighted by molar-refractivity contribution is 7.92. The maximum Gasteiger partial charge on any atom is 0.188 e. The molecule has 1 saturated carbocycles. The van der Waals surface area contributed by atoms with Crippen molar-refractivity contribution < 1.29 is 26.7 Å². The quantitative estimate of drug-likeness (QED) is 0.648. The third kappa shape index (κ3) is 2.68. The molecule has 1 aliphatic carbocycles. The van der Waals surface area contributed by atoms with E-state index in [0.717, 1.165) is 12.1 Å². The van der Waals surface area contributed by atoms with Crippen LogP contribution in [0.15, 0.2) is 41.3 Å². The number of fused-ring (bicyclic) bond motifs is 5. The van der Waals surface area contributed by atoms with Gasteiger partial charge >= 0.3 is 0 Å². The average Bonchev–Trinajstić information content (AvgIpc) is 3.10. The molecule has 160 valence electrons. The molecule has 2 aliphatic heterocycles. The second kappa shape index (κ2) is 6.90.